The molecule has 1 aromatic carbocycles. The summed E-state index contributed by atoms with van der Waals surface area (Å²) in [6, 6.07) is 10.8. The van der Waals surface area contributed by atoms with Crippen molar-refractivity contribution in [1.82, 2.24) is 30.4 Å². The number of likely N-dealkylation sites (tertiary alicyclic amines) is 1. The van der Waals surface area contributed by atoms with Gasteiger partial charge in [-0.1, -0.05) is 30.3 Å². The summed E-state index contributed by atoms with van der Waals surface area (Å²) in [5.74, 6) is 0.0245. The Morgan fingerprint density at radius 2 is 2.00 bits per heavy atom. The molecule has 1 aliphatic heterocycles. The van der Waals surface area contributed by atoms with E-state index in [0.29, 0.717) is 0 Å². The van der Waals surface area contributed by atoms with Crippen LogP contribution in [0.15, 0.2) is 36.7 Å². The molecule has 2 aromatic heterocycles. The number of rotatable bonds is 5. The van der Waals surface area contributed by atoms with Gasteiger partial charge in [0, 0.05) is 30.6 Å². The number of aryl methyl sites for hydroxylation is 1. The van der Waals surface area contributed by atoms with Gasteiger partial charge in [-0.2, -0.15) is 4.68 Å². The van der Waals surface area contributed by atoms with Gasteiger partial charge >= 0.3 is 0 Å². The van der Waals surface area contributed by atoms with Crippen LogP contribution in [0.2, 0.25) is 0 Å². The van der Waals surface area contributed by atoms with Crippen molar-refractivity contribution in [3.05, 3.63) is 58.2 Å². The standard InChI is InChI=1S/C21H24N6OS/c28-20(19-17-7-4-8-18(17)29-21(19)27-14-22-24-25-27)23-16-9-11-26(12-10-16)13-15-5-2-1-3-6-15/h1-3,5-6,14,16H,4,7-13H2,(H,23,28). The molecular weight excluding hydrogens is 384 g/mol. The molecule has 3 aromatic rings. The van der Waals surface area contributed by atoms with Crippen LogP contribution in [0.25, 0.3) is 5.00 Å². The average molecular weight is 409 g/mol. The highest BCUT2D eigenvalue weighted by molar-refractivity contribution is 7.15. The molecule has 1 N–H and O–H groups in total. The number of tetrazole rings is 1. The first-order valence-electron chi connectivity index (χ1n) is 10.2. The van der Waals surface area contributed by atoms with Gasteiger partial charge in [0.1, 0.15) is 11.3 Å². The second-order valence-electron chi connectivity index (χ2n) is 7.80. The van der Waals surface area contributed by atoms with E-state index in [2.05, 4.69) is 56.1 Å². The van der Waals surface area contributed by atoms with Crippen LogP contribution in [-0.2, 0) is 19.4 Å². The molecule has 0 atom stereocenters. The molecule has 8 heteroatoms. The third kappa shape index (κ3) is 3.82. The minimum atomic E-state index is 0.0245. The molecule has 1 fully saturated rings. The van der Waals surface area contributed by atoms with E-state index in [1.165, 1.54) is 16.0 Å². The Balaban J connectivity index is 1.25. The molecular formula is C21H24N6OS. The summed E-state index contributed by atoms with van der Waals surface area (Å²) in [6.45, 7) is 2.98. The number of thiophene rings is 1. The van der Waals surface area contributed by atoms with Crippen molar-refractivity contribution in [1.29, 1.82) is 0 Å². The number of nitrogens with one attached hydrogen (secondary N) is 1. The maximum absolute atomic E-state index is 13.2. The van der Waals surface area contributed by atoms with Crippen LogP contribution in [0.5, 0.6) is 0 Å². The number of piperidine rings is 1. The molecule has 0 spiro atoms. The average Bonchev–Trinajstić information content (AvgIpc) is 3.47. The molecule has 2 aliphatic rings. The van der Waals surface area contributed by atoms with Gasteiger partial charge in [-0.25, -0.2) is 0 Å². The summed E-state index contributed by atoms with van der Waals surface area (Å²) in [7, 11) is 0. The fraction of sp³-hybridized carbons (Fsp3) is 0.429. The third-order valence-corrected chi connectivity index (χ3v) is 7.14. The fourth-order valence-electron chi connectivity index (χ4n) is 4.37. The molecule has 0 saturated carbocycles. The van der Waals surface area contributed by atoms with E-state index in [1.54, 1.807) is 22.3 Å². The fourth-order valence-corrected chi connectivity index (χ4v) is 5.68. The summed E-state index contributed by atoms with van der Waals surface area (Å²) in [5, 5.41) is 15.6. The number of carbonyl (C=O) groups is 1. The first-order chi connectivity index (χ1) is 14.3. The zero-order valence-electron chi connectivity index (χ0n) is 16.3. The van der Waals surface area contributed by atoms with Gasteiger partial charge in [0.25, 0.3) is 5.91 Å². The summed E-state index contributed by atoms with van der Waals surface area (Å²) in [6.07, 6.45) is 6.65. The van der Waals surface area contributed by atoms with Crippen LogP contribution in [0.1, 0.15) is 45.6 Å². The lowest BCUT2D eigenvalue weighted by Gasteiger charge is -2.32. The lowest BCUT2D eigenvalue weighted by atomic mass is 10.0. The SMILES string of the molecule is O=C(NC1CCN(Cc2ccccc2)CC1)c1c(-n2cnnn2)sc2c1CCC2. The van der Waals surface area contributed by atoms with Crippen LogP contribution in [0, 0.1) is 0 Å². The Morgan fingerprint density at radius 3 is 2.76 bits per heavy atom. The van der Waals surface area contributed by atoms with Gasteiger partial charge < -0.3 is 5.32 Å². The Bertz CT molecular complexity index is 976. The van der Waals surface area contributed by atoms with E-state index < -0.39 is 0 Å². The van der Waals surface area contributed by atoms with Crippen LogP contribution in [0.3, 0.4) is 0 Å². The number of fused-ring (bicyclic) bond motifs is 1. The third-order valence-electron chi connectivity index (χ3n) is 5.86. The summed E-state index contributed by atoms with van der Waals surface area (Å²) in [4.78, 5) is 17.0. The Hall–Kier alpha value is -2.58. The minimum absolute atomic E-state index is 0.0245. The lowest BCUT2D eigenvalue weighted by Crippen LogP contribution is -2.44. The normalized spacial score (nSPS) is 17.4. The molecule has 1 saturated heterocycles. The predicted molar refractivity (Wildman–Crippen MR) is 111 cm³/mol. The van der Waals surface area contributed by atoms with Gasteiger partial charge in [0.05, 0.1) is 5.56 Å². The van der Waals surface area contributed by atoms with E-state index in [-0.39, 0.29) is 11.9 Å². The second kappa shape index (κ2) is 8.04. The number of hydrogen-bond donors (Lipinski definition) is 1. The summed E-state index contributed by atoms with van der Waals surface area (Å²) < 4.78 is 1.63. The van der Waals surface area contributed by atoms with E-state index in [0.717, 1.165) is 62.3 Å². The van der Waals surface area contributed by atoms with E-state index in [9.17, 15) is 4.79 Å². The number of amides is 1. The molecule has 5 rings (SSSR count). The smallest absolute Gasteiger partial charge is 0.254 e. The van der Waals surface area contributed by atoms with Crippen molar-refractivity contribution < 1.29 is 4.79 Å². The van der Waals surface area contributed by atoms with Crippen molar-refractivity contribution in [2.45, 2.75) is 44.7 Å². The highest BCUT2D eigenvalue weighted by atomic mass is 32.1. The van der Waals surface area contributed by atoms with Crippen molar-refractivity contribution in [3.63, 3.8) is 0 Å². The number of aromatic nitrogens is 4. The maximum atomic E-state index is 13.2. The van der Waals surface area contributed by atoms with Gasteiger partial charge in [-0.15, -0.1) is 16.4 Å². The summed E-state index contributed by atoms with van der Waals surface area (Å²) >= 11 is 1.65. The lowest BCUT2D eigenvalue weighted by molar-refractivity contribution is 0.0908. The molecule has 29 heavy (non-hydrogen) atoms. The zero-order valence-corrected chi connectivity index (χ0v) is 17.1. The molecule has 0 unspecified atom stereocenters. The van der Waals surface area contributed by atoms with Crippen molar-refractivity contribution in [3.8, 4) is 5.00 Å². The summed E-state index contributed by atoms with van der Waals surface area (Å²) in [5.41, 5.74) is 3.32. The first-order valence-corrected chi connectivity index (χ1v) is 11.0. The van der Waals surface area contributed by atoms with Gasteiger partial charge in [-0.05, 0) is 53.7 Å². The molecule has 1 amide bonds. The Kier molecular flexibility index (Phi) is 5.12. The van der Waals surface area contributed by atoms with E-state index in [4.69, 9.17) is 0 Å². The largest absolute Gasteiger partial charge is 0.349 e. The Morgan fingerprint density at radius 1 is 1.17 bits per heavy atom. The van der Waals surface area contributed by atoms with Crippen molar-refractivity contribution in [2.24, 2.45) is 0 Å². The molecule has 7 nitrogen and oxygen atoms in total. The van der Waals surface area contributed by atoms with Crippen molar-refractivity contribution >= 4 is 17.2 Å². The quantitative estimate of drug-likeness (QED) is 0.702. The zero-order chi connectivity index (χ0) is 19.6. The predicted octanol–water partition coefficient (Wildman–Crippen LogP) is 2.61. The minimum Gasteiger partial charge on any atom is -0.349 e. The molecule has 150 valence electrons. The van der Waals surface area contributed by atoms with E-state index >= 15 is 0 Å². The number of carbonyl (C=O) groups excluding carboxylic acids is 1. The Labute approximate surface area is 173 Å². The molecule has 0 radical (unpaired) electrons. The first kappa shape index (κ1) is 18.4. The van der Waals surface area contributed by atoms with Crippen LogP contribution >= 0.6 is 11.3 Å². The molecule has 3 heterocycles. The highest BCUT2D eigenvalue weighted by Crippen LogP contribution is 2.37. The van der Waals surface area contributed by atoms with Crippen LogP contribution < -0.4 is 5.32 Å². The number of nitrogens with zero attached hydrogens (tertiary/aromatic N) is 5. The monoisotopic (exact) mass is 408 g/mol. The van der Waals surface area contributed by atoms with Gasteiger partial charge in [-0.3, -0.25) is 9.69 Å². The topological polar surface area (TPSA) is 75.9 Å². The van der Waals surface area contributed by atoms with E-state index in [1.807, 2.05) is 0 Å². The van der Waals surface area contributed by atoms with Gasteiger partial charge in [0.2, 0.25) is 0 Å². The molecule has 0 bridgehead atoms. The van der Waals surface area contributed by atoms with Crippen LogP contribution in [-0.4, -0.2) is 50.1 Å². The highest BCUT2D eigenvalue weighted by Gasteiger charge is 2.30. The van der Waals surface area contributed by atoms with Crippen LogP contribution in [0.4, 0.5) is 0 Å². The van der Waals surface area contributed by atoms with Gasteiger partial charge in [0.15, 0.2) is 0 Å². The maximum Gasteiger partial charge on any atom is 0.254 e. The van der Waals surface area contributed by atoms with Crippen molar-refractivity contribution in [2.75, 3.05) is 13.1 Å². The number of benzene rings is 1. The second-order valence-corrected chi connectivity index (χ2v) is 8.88. The molecule has 1 aliphatic carbocycles. The number of hydrogen-bond acceptors (Lipinski definition) is 6.